The van der Waals surface area contributed by atoms with Crippen LogP contribution >= 0.6 is 0 Å². The van der Waals surface area contributed by atoms with Gasteiger partial charge in [-0.05, 0) is 56.5 Å². The van der Waals surface area contributed by atoms with Crippen molar-refractivity contribution in [2.45, 2.75) is 34.2 Å². The summed E-state index contributed by atoms with van der Waals surface area (Å²) in [5.41, 5.74) is 8.18. The van der Waals surface area contributed by atoms with Crippen LogP contribution in [0.15, 0.2) is 53.6 Å². The standard InChI is InChI=1S/C24H23N5O/c1-15-6-5-7-16(2)21(15)12-26-22-10-20(14-28-18(4)17(3)27-24(22)28)29-13-19(11-25)8-9-23(29)30/h5-10,13-14,26H,12H2,1-4H3. The predicted molar refractivity (Wildman–Crippen MR) is 118 cm³/mol. The largest absolute Gasteiger partial charge is 0.378 e. The molecule has 0 aliphatic heterocycles. The predicted octanol–water partition coefficient (Wildman–Crippen LogP) is 4.20. The minimum atomic E-state index is -0.191. The fourth-order valence-electron chi connectivity index (χ4n) is 3.69. The normalized spacial score (nSPS) is 10.9. The lowest BCUT2D eigenvalue weighted by molar-refractivity contribution is 0.955. The summed E-state index contributed by atoms with van der Waals surface area (Å²) in [6.45, 7) is 8.83. The molecule has 150 valence electrons. The van der Waals surface area contributed by atoms with Crippen LogP contribution in [0, 0.1) is 39.0 Å². The van der Waals surface area contributed by atoms with Crippen molar-refractivity contribution in [2.24, 2.45) is 0 Å². The molecule has 1 N–H and O–H groups in total. The van der Waals surface area contributed by atoms with Crippen molar-refractivity contribution in [3.05, 3.63) is 92.8 Å². The second-order valence-electron chi connectivity index (χ2n) is 7.55. The van der Waals surface area contributed by atoms with Crippen molar-refractivity contribution in [2.75, 3.05) is 5.32 Å². The molecule has 4 rings (SSSR count). The number of anilines is 1. The number of aromatic nitrogens is 3. The Morgan fingerprint density at radius 1 is 1.07 bits per heavy atom. The monoisotopic (exact) mass is 397 g/mol. The SMILES string of the molecule is Cc1cccc(C)c1CNc1cc(-n2cc(C#N)ccc2=O)cn2c(C)c(C)nc12. The molecule has 1 aromatic carbocycles. The van der Waals surface area contributed by atoms with Gasteiger partial charge in [-0.25, -0.2) is 4.98 Å². The molecule has 30 heavy (non-hydrogen) atoms. The first-order valence-corrected chi connectivity index (χ1v) is 9.80. The highest BCUT2D eigenvalue weighted by Crippen LogP contribution is 2.25. The summed E-state index contributed by atoms with van der Waals surface area (Å²) < 4.78 is 3.49. The Bertz CT molecular complexity index is 1350. The summed E-state index contributed by atoms with van der Waals surface area (Å²) in [4.78, 5) is 17.2. The molecule has 6 heteroatoms. The van der Waals surface area contributed by atoms with Crippen LogP contribution in [0.2, 0.25) is 0 Å². The Hall–Kier alpha value is -3.85. The lowest BCUT2D eigenvalue weighted by atomic mass is 10.0. The number of hydrogen-bond acceptors (Lipinski definition) is 4. The summed E-state index contributed by atoms with van der Waals surface area (Å²) in [7, 11) is 0. The molecular weight excluding hydrogens is 374 g/mol. The van der Waals surface area contributed by atoms with Crippen LogP contribution in [0.25, 0.3) is 11.3 Å². The molecule has 0 saturated heterocycles. The maximum atomic E-state index is 12.5. The molecule has 0 saturated carbocycles. The average molecular weight is 397 g/mol. The second kappa shape index (κ2) is 7.53. The number of nitrogens with one attached hydrogen (secondary N) is 1. The number of aryl methyl sites for hydroxylation is 4. The number of imidazole rings is 1. The Balaban J connectivity index is 1.86. The van der Waals surface area contributed by atoms with E-state index in [-0.39, 0.29) is 5.56 Å². The van der Waals surface area contributed by atoms with E-state index in [4.69, 9.17) is 4.98 Å². The molecule has 0 fully saturated rings. The van der Waals surface area contributed by atoms with Crippen LogP contribution < -0.4 is 10.9 Å². The molecule has 3 aromatic heterocycles. The minimum Gasteiger partial charge on any atom is -0.378 e. The van der Waals surface area contributed by atoms with Crippen LogP contribution in [-0.2, 0) is 6.54 Å². The molecule has 3 heterocycles. The van der Waals surface area contributed by atoms with Gasteiger partial charge in [0.05, 0.1) is 22.6 Å². The number of fused-ring (bicyclic) bond motifs is 1. The zero-order valence-electron chi connectivity index (χ0n) is 17.5. The van der Waals surface area contributed by atoms with E-state index in [2.05, 4.69) is 43.4 Å². The van der Waals surface area contributed by atoms with Gasteiger partial charge < -0.3 is 9.72 Å². The molecule has 6 nitrogen and oxygen atoms in total. The van der Waals surface area contributed by atoms with E-state index in [1.807, 2.05) is 30.5 Å². The second-order valence-corrected chi connectivity index (χ2v) is 7.55. The Morgan fingerprint density at radius 2 is 1.80 bits per heavy atom. The van der Waals surface area contributed by atoms with E-state index < -0.39 is 0 Å². The van der Waals surface area contributed by atoms with Crippen LogP contribution in [0.5, 0.6) is 0 Å². The maximum Gasteiger partial charge on any atom is 0.255 e. The van der Waals surface area contributed by atoms with Crippen molar-refractivity contribution < 1.29 is 0 Å². The lowest BCUT2D eigenvalue weighted by Crippen LogP contribution is -2.17. The van der Waals surface area contributed by atoms with E-state index in [0.29, 0.717) is 17.8 Å². The summed E-state index contributed by atoms with van der Waals surface area (Å²) in [6.07, 6.45) is 3.45. The number of hydrogen-bond donors (Lipinski definition) is 1. The van der Waals surface area contributed by atoms with E-state index in [1.54, 1.807) is 6.20 Å². The lowest BCUT2D eigenvalue weighted by Gasteiger charge is -2.15. The third-order valence-corrected chi connectivity index (χ3v) is 5.60. The summed E-state index contributed by atoms with van der Waals surface area (Å²) >= 11 is 0. The topological polar surface area (TPSA) is 75.1 Å². The minimum absolute atomic E-state index is 0.191. The van der Waals surface area contributed by atoms with Crippen LogP contribution in [-0.4, -0.2) is 14.0 Å². The van der Waals surface area contributed by atoms with Gasteiger partial charge in [0.25, 0.3) is 5.56 Å². The highest BCUT2D eigenvalue weighted by molar-refractivity contribution is 5.72. The number of nitriles is 1. The molecule has 0 spiro atoms. The molecule has 0 aliphatic carbocycles. The van der Waals surface area contributed by atoms with Gasteiger partial charge in [0, 0.05) is 30.7 Å². The Morgan fingerprint density at radius 3 is 2.50 bits per heavy atom. The van der Waals surface area contributed by atoms with E-state index in [1.165, 1.54) is 33.4 Å². The van der Waals surface area contributed by atoms with Gasteiger partial charge in [0.15, 0.2) is 5.65 Å². The smallest absolute Gasteiger partial charge is 0.255 e. The summed E-state index contributed by atoms with van der Waals surface area (Å²) in [5.74, 6) is 0. The molecule has 0 amide bonds. The van der Waals surface area contributed by atoms with E-state index in [0.717, 1.165) is 22.7 Å². The number of benzene rings is 1. The fourth-order valence-corrected chi connectivity index (χ4v) is 3.69. The van der Waals surface area contributed by atoms with Gasteiger partial charge in [-0.3, -0.25) is 9.36 Å². The van der Waals surface area contributed by atoms with Crippen molar-refractivity contribution >= 4 is 11.3 Å². The highest BCUT2D eigenvalue weighted by atomic mass is 16.1. The van der Waals surface area contributed by atoms with Crippen molar-refractivity contribution in [3.63, 3.8) is 0 Å². The van der Waals surface area contributed by atoms with Crippen LogP contribution in [0.3, 0.4) is 0 Å². The Labute approximate surface area is 175 Å². The first-order chi connectivity index (χ1) is 14.4. The highest BCUT2D eigenvalue weighted by Gasteiger charge is 2.13. The molecule has 0 unspecified atom stereocenters. The van der Waals surface area contributed by atoms with Crippen molar-refractivity contribution in [3.8, 4) is 11.8 Å². The number of pyridine rings is 2. The average Bonchev–Trinajstić information content (AvgIpc) is 3.02. The molecule has 0 aliphatic rings. The Kier molecular flexibility index (Phi) is 4.88. The quantitative estimate of drug-likeness (QED) is 0.560. The summed E-state index contributed by atoms with van der Waals surface area (Å²) in [5, 5.41) is 12.8. The maximum absolute atomic E-state index is 12.5. The van der Waals surface area contributed by atoms with Crippen molar-refractivity contribution in [1.82, 2.24) is 14.0 Å². The van der Waals surface area contributed by atoms with Crippen LogP contribution in [0.1, 0.15) is 33.6 Å². The van der Waals surface area contributed by atoms with Gasteiger partial charge in [0.2, 0.25) is 0 Å². The van der Waals surface area contributed by atoms with Gasteiger partial charge in [0.1, 0.15) is 6.07 Å². The number of rotatable bonds is 4. The molecule has 4 aromatic rings. The van der Waals surface area contributed by atoms with Gasteiger partial charge in [-0.1, -0.05) is 18.2 Å². The zero-order valence-corrected chi connectivity index (χ0v) is 17.5. The van der Waals surface area contributed by atoms with Crippen LogP contribution in [0.4, 0.5) is 5.69 Å². The number of nitrogens with zero attached hydrogens (tertiary/aromatic N) is 4. The zero-order chi connectivity index (χ0) is 21.4. The fraction of sp³-hybridized carbons (Fsp3) is 0.208. The first kappa shape index (κ1) is 19.5. The summed E-state index contributed by atoms with van der Waals surface area (Å²) in [6, 6.07) is 13.2. The molecular formula is C24H23N5O. The van der Waals surface area contributed by atoms with Gasteiger partial charge in [-0.2, -0.15) is 5.26 Å². The molecule has 0 atom stereocenters. The third kappa shape index (κ3) is 3.35. The van der Waals surface area contributed by atoms with Gasteiger partial charge in [-0.15, -0.1) is 0 Å². The molecule has 0 radical (unpaired) electrons. The molecule has 0 bridgehead atoms. The third-order valence-electron chi connectivity index (χ3n) is 5.60. The van der Waals surface area contributed by atoms with E-state index in [9.17, 15) is 10.1 Å². The van der Waals surface area contributed by atoms with E-state index >= 15 is 0 Å². The first-order valence-electron chi connectivity index (χ1n) is 9.80. The van der Waals surface area contributed by atoms with Crippen molar-refractivity contribution in [1.29, 1.82) is 5.26 Å². The van der Waals surface area contributed by atoms with Gasteiger partial charge >= 0.3 is 0 Å².